The van der Waals surface area contributed by atoms with Crippen molar-refractivity contribution < 1.29 is 19.4 Å². The lowest BCUT2D eigenvalue weighted by molar-refractivity contribution is -0.126. The zero-order chi connectivity index (χ0) is 30.1. The van der Waals surface area contributed by atoms with E-state index in [-0.39, 0.29) is 47.1 Å². The first-order valence-corrected chi connectivity index (χ1v) is 15.5. The minimum absolute atomic E-state index is 0.0629. The van der Waals surface area contributed by atoms with Crippen molar-refractivity contribution in [3.63, 3.8) is 0 Å². The highest BCUT2D eigenvalue weighted by Gasteiger charge is 2.45. The number of hydrogen-bond acceptors (Lipinski definition) is 6. The number of ether oxygens (including phenoxy) is 1. The summed E-state index contributed by atoms with van der Waals surface area (Å²) >= 11 is 0. The van der Waals surface area contributed by atoms with Crippen LogP contribution in [0.3, 0.4) is 0 Å². The predicted molar refractivity (Wildman–Crippen MR) is 162 cm³/mol. The zero-order valence-electron chi connectivity index (χ0n) is 26.2. The first-order valence-electron chi connectivity index (χ1n) is 15.5. The fourth-order valence-electron chi connectivity index (χ4n) is 6.60. The molecule has 0 heterocycles. The lowest BCUT2D eigenvalue weighted by atomic mass is 9.61. The maximum absolute atomic E-state index is 13.5. The molecule has 0 saturated heterocycles. The van der Waals surface area contributed by atoms with Gasteiger partial charge in [0.2, 0.25) is 11.8 Å². The van der Waals surface area contributed by atoms with Crippen molar-refractivity contribution in [3.8, 4) is 0 Å². The molecule has 0 aromatic rings. The van der Waals surface area contributed by atoms with E-state index in [1.807, 2.05) is 54.5 Å². The van der Waals surface area contributed by atoms with Crippen molar-refractivity contribution >= 4 is 18.0 Å². The quantitative estimate of drug-likeness (QED) is 0.131. The van der Waals surface area contributed by atoms with E-state index in [0.717, 1.165) is 51.2 Å². The number of hydrogen-bond donors (Lipinski definition) is 5. The Kier molecular flexibility index (Phi) is 12.7. The van der Waals surface area contributed by atoms with E-state index in [1.165, 1.54) is 0 Å². The van der Waals surface area contributed by atoms with Gasteiger partial charge in [-0.2, -0.15) is 0 Å². The molecular weight excluding hydrogens is 504 g/mol. The highest BCUT2D eigenvalue weighted by atomic mass is 16.5. The number of fused-ring (bicyclic) bond motifs is 2. The molecule has 0 spiro atoms. The SMILES string of the molecule is CC.CC(C)CO/C(N/C=C/C(C)(C)NC(=O)C1CCCC1)=C(/C=N)C(=O)NC1C(C)CC2CC1C[C@@](C)(O)C2. The normalized spacial score (nSPS) is 29.2. The molecule has 0 aliphatic heterocycles. The Morgan fingerprint density at radius 2 is 1.80 bits per heavy atom. The van der Waals surface area contributed by atoms with Crippen LogP contribution in [0.2, 0.25) is 0 Å². The summed E-state index contributed by atoms with van der Waals surface area (Å²) in [5.41, 5.74) is -1.16. The molecule has 3 aliphatic carbocycles. The zero-order valence-corrected chi connectivity index (χ0v) is 26.2. The van der Waals surface area contributed by atoms with Crippen LogP contribution in [0.4, 0.5) is 0 Å². The Balaban J connectivity index is 0.00000274. The Bertz CT molecular complexity index is 916. The molecule has 8 nitrogen and oxygen atoms in total. The van der Waals surface area contributed by atoms with Crippen LogP contribution in [-0.4, -0.2) is 46.9 Å². The van der Waals surface area contributed by atoms with Crippen LogP contribution < -0.4 is 16.0 Å². The summed E-state index contributed by atoms with van der Waals surface area (Å²) in [5.74, 6) is 1.24. The van der Waals surface area contributed by atoms with Gasteiger partial charge in [-0.3, -0.25) is 9.59 Å². The Labute approximate surface area is 242 Å². The van der Waals surface area contributed by atoms with Crippen molar-refractivity contribution in [3.05, 3.63) is 23.7 Å². The maximum atomic E-state index is 13.5. The number of carbonyl (C=O) groups excluding carboxylic acids is 2. The smallest absolute Gasteiger partial charge is 0.258 e. The van der Waals surface area contributed by atoms with Crippen LogP contribution in [0.5, 0.6) is 0 Å². The molecular formula is C32H56N4O4. The van der Waals surface area contributed by atoms with Gasteiger partial charge >= 0.3 is 0 Å². The number of rotatable bonds is 11. The third-order valence-corrected chi connectivity index (χ3v) is 8.27. The minimum atomic E-state index is -0.700. The van der Waals surface area contributed by atoms with E-state index in [0.29, 0.717) is 24.9 Å². The van der Waals surface area contributed by atoms with Crippen molar-refractivity contribution in [2.24, 2.45) is 29.6 Å². The Morgan fingerprint density at radius 3 is 2.40 bits per heavy atom. The fraction of sp³-hybridized carbons (Fsp3) is 0.781. The van der Waals surface area contributed by atoms with Gasteiger partial charge in [-0.15, -0.1) is 0 Å². The monoisotopic (exact) mass is 560 g/mol. The van der Waals surface area contributed by atoms with Crippen LogP contribution in [0.15, 0.2) is 23.7 Å². The Hall–Kier alpha value is -2.35. The second-order valence-corrected chi connectivity index (χ2v) is 13.2. The summed E-state index contributed by atoms with van der Waals surface area (Å²) < 4.78 is 5.96. The molecule has 4 unspecified atom stereocenters. The van der Waals surface area contributed by atoms with Gasteiger partial charge in [0, 0.05) is 24.4 Å². The second kappa shape index (κ2) is 15.0. The lowest BCUT2D eigenvalue weighted by Crippen LogP contribution is -2.54. The number of nitrogens with one attached hydrogen (secondary N) is 4. The number of carbonyl (C=O) groups is 2. The molecule has 3 rings (SSSR count). The van der Waals surface area contributed by atoms with Gasteiger partial charge in [0.05, 0.1) is 17.7 Å². The Morgan fingerprint density at radius 1 is 1.15 bits per heavy atom. The van der Waals surface area contributed by atoms with Crippen LogP contribution >= 0.6 is 0 Å². The highest BCUT2D eigenvalue weighted by Crippen LogP contribution is 2.46. The summed E-state index contributed by atoms with van der Waals surface area (Å²) in [6.07, 6.45) is 12.1. The highest BCUT2D eigenvalue weighted by molar-refractivity contribution is 6.11. The van der Waals surface area contributed by atoms with Crippen LogP contribution in [0.25, 0.3) is 0 Å². The van der Waals surface area contributed by atoms with E-state index < -0.39 is 11.1 Å². The van der Waals surface area contributed by atoms with E-state index in [9.17, 15) is 14.7 Å². The number of amides is 2. The maximum Gasteiger partial charge on any atom is 0.258 e. The second-order valence-electron chi connectivity index (χ2n) is 13.2. The van der Waals surface area contributed by atoms with Gasteiger partial charge < -0.3 is 31.2 Å². The summed E-state index contributed by atoms with van der Waals surface area (Å²) in [4.78, 5) is 26.1. The molecule has 228 valence electrons. The molecule has 2 amide bonds. The van der Waals surface area contributed by atoms with Gasteiger partial charge in [0.15, 0.2) is 0 Å². The molecule has 0 radical (unpaired) electrons. The van der Waals surface area contributed by atoms with Gasteiger partial charge in [0.25, 0.3) is 5.91 Å². The van der Waals surface area contributed by atoms with Crippen LogP contribution in [-0.2, 0) is 14.3 Å². The largest absolute Gasteiger partial charge is 0.478 e. The molecule has 5 N–H and O–H groups in total. The van der Waals surface area contributed by atoms with Crippen molar-refractivity contribution in [1.29, 1.82) is 5.41 Å². The first-order chi connectivity index (χ1) is 18.8. The minimum Gasteiger partial charge on any atom is -0.478 e. The number of aliphatic hydroxyl groups is 1. The van der Waals surface area contributed by atoms with E-state index in [4.69, 9.17) is 10.1 Å². The van der Waals surface area contributed by atoms with Crippen molar-refractivity contribution in [2.45, 2.75) is 124 Å². The van der Waals surface area contributed by atoms with Gasteiger partial charge in [-0.05, 0) is 89.0 Å². The lowest BCUT2D eigenvalue weighted by Gasteiger charge is -2.49. The average molecular weight is 561 g/mol. The van der Waals surface area contributed by atoms with Gasteiger partial charge in [-0.25, -0.2) is 0 Å². The predicted octanol–water partition coefficient (Wildman–Crippen LogP) is 5.43. The van der Waals surface area contributed by atoms with Crippen molar-refractivity contribution in [2.75, 3.05) is 6.61 Å². The molecule has 3 fully saturated rings. The first kappa shape index (κ1) is 33.9. The third kappa shape index (κ3) is 9.93. The molecule has 0 aromatic carbocycles. The van der Waals surface area contributed by atoms with Gasteiger partial charge in [0.1, 0.15) is 5.57 Å². The molecule has 3 saturated carbocycles. The van der Waals surface area contributed by atoms with Crippen molar-refractivity contribution in [1.82, 2.24) is 16.0 Å². The molecule has 8 heteroatoms. The van der Waals surface area contributed by atoms with E-state index in [2.05, 4.69) is 22.9 Å². The molecule has 0 aromatic heterocycles. The standard InChI is InChI=1S/C30H50N4O4.C2H6/c1-19(2)18-38-28(32-12-11-29(4,5)34-26(35)22-9-7-8-10-22)24(17-31)27(36)33-25-20(3)13-21-14-23(25)16-30(6,37)15-21;1-2/h11-12,17,19-23,25,31-32,37H,7-10,13-16,18H2,1-6H3,(H,33,36)(H,34,35);1-2H3/b12-11+,28-24-,31-17?;/t20?,21?,23?,25?,30-;/m0./s1. The van der Waals surface area contributed by atoms with Gasteiger partial charge in [-0.1, -0.05) is 47.5 Å². The molecule has 2 bridgehead atoms. The molecule has 3 aliphatic rings. The molecule has 5 atom stereocenters. The summed E-state index contributed by atoms with van der Waals surface area (Å²) in [7, 11) is 0. The topological polar surface area (TPSA) is 124 Å². The van der Waals surface area contributed by atoms with Crippen LogP contribution in [0.1, 0.15) is 107 Å². The summed E-state index contributed by atoms with van der Waals surface area (Å²) in [5, 5.41) is 28.2. The van der Waals surface area contributed by atoms with E-state index in [1.54, 1.807) is 6.20 Å². The summed E-state index contributed by atoms with van der Waals surface area (Å²) in [6, 6.07) is -0.0629. The average Bonchev–Trinajstić information content (AvgIpc) is 3.40. The molecule has 40 heavy (non-hydrogen) atoms. The fourth-order valence-corrected chi connectivity index (χ4v) is 6.60. The van der Waals surface area contributed by atoms with E-state index >= 15 is 0 Å². The summed E-state index contributed by atoms with van der Waals surface area (Å²) in [6.45, 7) is 16.3. The third-order valence-electron chi connectivity index (χ3n) is 8.27. The van der Waals surface area contributed by atoms with Crippen LogP contribution in [0, 0.1) is 35.0 Å².